The molecule has 2 N–H and O–H groups in total. The summed E-state index contributed by atoms with van der Waals surface area (Å²) in [5.41, 5.74) is 2.66. The van der Waals surface area contributed by atoms with E-state index in [-0.39, 0.29) is 6.03 Å². The fourth-order valence-corrected chi connectivity index (χ4v) is 2.11. The molecule has 0 spiro atoms. The van der Waals surface area contributed by atoms with Crippen LogP contribution < -0.4 is 10.6 Å². The minimum absolute atomic E-state index is 0.204. The van der Waals surface area contributed by atoms with Crippen molar-refractivity contribution >= 4 is 17.4 Å². The Morgan fingerprint density at radius 3 is 2.71 bits per heavy atom. The Morgan fingerprint density at radius 1 is 1.10 bits per heavy atom. The van der Waals surface area contributed by atoms with Crippen LogP contribution in [0.5, 0.6) is 0 Å². The van der Waals surface area contributed by atoms with Gasteiger partial charge in [0.15, 0.2) is 0 Å². The molecular formula is C16H16N4O. The van der Waals surface area contributed by atoms with Crippen molar-refractivity contribution in [3.63, 3.8) is 0 Å². The average molecular weight is 280 g/mol. The number of rotatable bonds is 4. The highest BCUT2D eigenvalue weighted by atomic mass is 16.2. The molecule has 21 heavy (non-hydrogen) atoms. The van der Waals surface area contributed by atoms with Crippen molar-refractivity contribution in [1.82, 2.24) is 14.7 Å². The number of carbonyl (C=O) groups excluding carboxylic acids is 1. The molecule has 0 aliphatic heterocycles. The van der Waals surface area contributed by atoms with Crippen LogP contribution >= 0.6 is 0 Å². The Morgan fingerprint density at radius 2 is 1.90 bits per heavy atom. The van der Waals surface area contributed by atoms with Crippen LogP contribution in [-0.2, 0) is 6.42 Å². The van der Waals surface area contributed by atoms with Gasteiger partial charge in [0.2, 0.25) is 0 Å². The van der Waals surface area contributed by atoms with Crippen LogP contribution in [0.15, 0.2) is 60.9 Å². The number of benzene rings is 1. The van der Waals surface area contributed by atoms with Gasteiger partial charge in [-0.3, -0.25) is 0 Å². The van der Waals surface area contributed by atoms with Crippen molar-refractivity contribution in [2.45, 2.75) is 6.42 Å². The summed E-state index contributed by atoms with van der Waals surface area (Å²) >= 11 is 0. The third-order valence-corrected chi connectivity index (χ3v) is 3.11. The summed E-state index contributed by atoms with van der Waals surface area (Å²) < 4.78 is 1.97. The lowest BCUT2D eigenvalue weighted by Crippen LogP contribution is -2.30. The van der Waals surface area contributed by atoms with Gasteiger partial charge in [-0.1, -0.05) is 24.3 Å². The summed E-state index contributed by atoms with van der Waals surface area (Å²) in [6.45, 7) is 0.544. The third kappa shape index (κ3) is 3.39. The maximum Gasteiger partial charge on any atom is 0.319 e. The smallest absolute Gasteiger partial charge is 0.319 e. The molecule has 0 aliphatic rings. The SMILES string of the molecule is O=C(NCCc1cn2ccccc2n1)Nc1ccccc1. The first kappa shape index (κ1) is 13.2. The third-order valence-electron chi connectivity index (χ3n) is 3.11. The second-order valence-electron chi connectivity index (χ2n) is 4.70. The fourth-order valence-electron chi connectivity index (χ4n) is 2.11. The molecule has 3 rings (SSSR count). The molecule has 1 aromatic carbocycles. The number of hydrogen-bond donors (Lipinski definition) is 2. The van der Waals surface area contributed by atoms with E-state index >= 15 is 0 Å². The van der Waals surface area contributed by atoms with E-state index < -0.39 is 0 Å². The molecule has 3 aromatic rings. The maximum absolute atomic E-state index is 11.7. The summed E-state index contributed by atoms with van der Waals surface area (Å²) in [6.07, 6.45) is 4.64. The first-order valence-electron chi connectivity index (χ1n) is 6.84. The molecule has 0 fully saturated rings. The van der Waals surface area contributed by atoms with Crippen molar-refractivity contribution in [3.05, 3.63) is 66.6 Å². The van der Waals surface area contributed by atoms with E-state index in [1.165, 1.54) is 0 Å². The zero-order valence-corrected chi connectivity index (χ0v) is 11.5. The summed E-state index contributed by atoms with van der Waals surface area (Å²) in [4.78, 5) is 16.2. The summed E-state index contributed by atoms with van der Waals surface area (Å²) in [5, 5.41) is 5.60. The van der Waals surface area contributed by atoms with Crippen molar-refractivity contribution < 1.29 is 4.79 Å². The first-order chi connectivity index (χ1) is 10.3. The molecule has 0 bridgehead atoms. The summed E-state index contributed by atoms with van der Waals surface area (Å²) in [7, 11) is 0. The zero-order chi connectivity index (χ0) is 14.5. The van der Waals surface area contributed by atoms with Crippen molar-refractivity contribution in [2.24, 2.45) is 0 Å². The van der Waals surface area contributed by atoms with E-state index in [1.54, 1.807) is 0 Å². The van der Waals surface area contributed by atoms with Gasteiger partial charge >= 0.3 is 6.03 Å². The molecule has 5 heteroatoms. The lowest BCUT2D eigenvalue weighted by atomic mass is 10.3. The van der Waals surface area contributed by atoms with Gasteiger partial charge in [0.25, 0.3) is 0 Å². The first-order valence-corrected chi connectivity index (χ1v) is 6.84. The molecule has 0 aliphatic carbocycles. The molecule has 0 unspecified atom stereocenters. The topological polar surface area (TPSA) is 58.4 Å². The number of nitrogens with one attached hydrogen (secondary N) is 2. The lowest BCUT2D eigenvalue weighted by Gasteiger charge is -2.06. The molecule has 0 atom stereocenters. The Hall–Kier alpha value is -2.82. The number of carbonyl (C=O) groups is 1. The molecule has 106 valence electrons. The van der Waals surface area contributed by atoms with Gasteiger partial charge in [0, 0.05) is 31.0 Å². The van der Waals surface area contributed by atoms with E-state index in [0.29, 0.717) is 13.0 Å². The number of hydrogen-bond acceptors (Lipinski definition) is 2. The number of imidazole rings is 1. The number of fused-ring (bicyclic) bond motifs is 1. The van der Waals surface area contributed by atoms with Crippen LogP contribution in [0.2, 0.25) is 0 Å². The van der Waals surface area contributed by atoms with Crippen LogP contribution in [0.1, 0.15) is 5.69 Å². The highest BCUT2D eigenvalue weighted by Crippen LogP contribution is 2.05. The maximum atomic E-state index is 11.7. The van der Waals surface area contributed by atoms with Crippen molar-refractivity contribution in [2.75, 3.05) is 11.9 Å². The molecule has 2 amide bonds. The van der Waals surface area contributed by atoms with Gasteiger partial charge in [0.05, 0.1) is 5.69 Å². The van der Waals surface area contributed by atoms with Gasteiger partial charge in [-0.2, -0.15) is 0 Å². The number of anilines is 1. The molecule has 0 saturated carbocycles. The van der Waals surface area contributed by atoms with Gasteiger partial charge in [0.1, 0.15) is 5.65 Å². The van der Waals surface area contributed by atoms with Crippen LogP contribution in [0.25, 0.3) is 5.65 Å². The standard InChI is InChI=1S/C16H16N4O/c21-16(19-13-6-2-1-3-7-13)17-10-9-14-12-20-11-5-4-8-15(20)18-14/h1-8,11-12H,9-10H2,(H2,17,19,21). The molecule has 0 radical (unpaired) electrons. The minimum Gasteiger partial charge on any atom is -0.337 e. The number of nitrogens with zero attached hydrogens (tertiary/aromatic N) is 2. The van der Waals surface area contributed by atoms with Crippen molar-refractivity contribution in [3.8, 4) is 0 Å². The van der Waals surface area contributed by atoms with E-state index in [0.717, 1.165) is 17.0 Å². The molecule has 0 saturated heterocycles. The molecule has 5 nitrogen and oxygen atoms in total. The fraction of sp³-hybridized carbons (Fsp3) is 0.125. The Bertz CT molecular complexity index is 703. The van der Waals surface area contributed by atoms with Crippen LogP contribution in [0.4, 0.5) is 10.5 Å². The van der Waals surface area contributed by atoms with E-state index in [2.05, 4.69) is 15.6 Å². The largest absolute Gasteiger partial charge is 0.337 e. The number of para-hydroxylation sites is 1. The quantitative estimate of drug-likeness (QED) is 0.772. The van der Waals surface area contributed by atoms with Crippen molar-refractivity contribution in [1.29, 1.82) is 0 Å². The van der Waals surface area contributed by atoms with Crippen LogP contribution in [-0.4, -0.2) is 22.0 Å². The number of urea groups is 1. The van der Waals surface area contributed by atoms with Gasteiger partial charge < -0.3 is 15.0 Å². The molecule has 2 aromatic heterocycles. The Balaban J connectivity index is 1.50. The van der Waals surface area contributed by atoms with E-state index in [9.17, 15) is 4.79 Å². The summed E-state index contributed by atoms with van der Waals surface area (Å²) in [5.74, 6) is 0. The number of pyridine rings is 1. The van der Waals surface area contributed by atoms with E-state index in [4.69, 9.17) is 0 Å². The highest BCUT2D eigenvalue weighted by Gasteiger charge is 2.03. The molecule has 2 heterocycles. The van der Waals surface area contributed by atoms with Gasteiger partial charge in [-0.15, -0.1) is 0 Å². The lowest BCUT2D eigenvalue weighted by molar-refractivity contribution is 0.252. The number of aromatic nitrogens is 2. The predicted molar refractivity (Wildman–Crippen MR) is 82.4 cm³/mol. The zero-order valence-electron chi connectivity index (χ0n) is 11.5. The second-order valence-corrected chi connectivity index (χ2v) is 4.70. The number of amides is 2. The van der Waals surface area contributed by atoms with Crippen LogP contribution in [0, 0.1) is 0 Å². The monoisotopic (exact) mass is 280 g/mol. The van der Waals surface area contributed by atoms with Gasteiger partial charge in [-0.25, -0.2) is 9.78 Å². The molecular weight excluding hydrogens is 264 g/mol. The van der Waals surface area contributed by atoms with Crippen LogP contribution in [0.3, 0.4) is 0 Å². The normalized spacial score (nSPS) is 10.5. The average Bonchev–Trinajstić information content (AvgIpc) is 2.91. The second kappa shape index (κ2) is 6.09. The minimum atomic E-state index is -0.204. The van der Waals surface area contributed by atoms with Gasteiger partial charge in [-0.05, 0) is 24.3 Å². The predicted octanol–water partition coefficient (Wildman–Crippen LogP) is 2.70. The highest BCUT2D eigenvalue weighted by molar-refractivity contribution is 5.89. The Kier molecular flexibility index (Phi) is 3.82. The Labute approximate surface area is 122 Å². The summed E-state index contributed by atoms with van der Waals surface area (Å²) in [6, 6.07) is 15.0. The van der Waals surface area contributed by atoms with E-state index in [1.807, 2.05) is 65.3 Å².